The average molecular weight is 387 g/mol. The van der Waals surface area contributed by atoms with Crippen LogP contribution in [0.5, 0.6) is 0 Å². The van der Waals surface area contributed by atoms with Crippen LogP contribution in [0.2, 0.25) is 0 Å². The third kappa shape index (κ3) is 4.71. The van der Waals surface area contributed by atoms with Gasteiger partial charge >= 0.3 is 0 Å². The van der Waals surface area contributed by atoms with Crippen LogP contribution >= 0.6 is 0 Å². The first-order valence-electron chi connectivity index (χ1n) is 10.1. The Morgan fingerprint density at radius 3 is 2.38 bits per heavy atom. The number of rotatable bonds is 6. The summed E-state index contributed by atoms with van der Waals surface area (Å²) in [4.78, 5) is 14.7. The molecule has 3 aromatic rings. The number of aryl methyl sites for hydroxylation is 1. The summed E-state index contributed by atoms with van der Waals surface area (Å²) in [5.41, 5.74) is 4.60. The van der Waals surface area contributed by atoms with Crippen molar-refractivity contribution in [1.29, 1.82) is 0 Å². The molecule has 2 aromatic carbocycles. The summed E-state index contributed by atoms with van der Waals surface area (Å²) in [5.74, 6) is 0.597. The van der Waals surface area contributed by atoms with E-state index in [0.717, 1.165) is 36.6 Å². The highest BCUT2D eigenvalue weighted by Gasteiger charge is 2.13. The smallest absolute Gasteiger partial charge is 0.255 e. The molecule has 2 N–H and O–H groups in total. The SMILES string of the molecule is CCc1ccc(C(=O)Nc2ccc(Nc3cc(N4CCCC4)cnn3)cc2)cc1. The van der Waals surface area contributed by atoms with E-state index < -0.39 is 0 Å². The molecule has 0 aliphatic carbocycles. The molecule has 4 rings (SSSR count). The molecule has 1 aromatic heterocycles. The zero-order valence-corrected chi connectivity index (χ0v) is 16.6. The molecule has 6 nitrogen and oxygen atoms in total. The Hall–Kier alpha value is -3.41. The molecule has 29 heavy (non-hydrogen) atoms. The Bertz CT molecular complexity index is 963. The van der Waals surface area contributed by atoms with Crippen molar-refractivity contribution in [3.63, 3.8) is 0 Å². The largest absolute Gasteiger partial charge is 0.370 e. The fraction of sp³-hybridized carbons (Fsp3) is 0.261. The number of amides is 1. The predicted octanol–water partition coefficient (Wildman–Crippen LogP) is 4.64. The monoisotopic (exact) mass is 387 g/mol. The second kappa shape index (κ2) is 8.73. The van der Waals surface area contributed by atoms with Gasteiger partial charge in [-0.3, -0.25) is 4.79 Å². The molecule has 0 spiro atoms. The van der Waals surface area contributed by atoms with Crippen molar-refractivity contribution in [2.24, 2.45) is 0 Å². The summed E-state index contributed by atoms with van der Waals surface area (Å²) in [6, 6.07) is 17.3. The molecule has 1 fully saturated rings. The van der Waals surface area contributed by atoms with Crippen LogP contribution in [0.15, 0.2) is 60.8 Å². The van der Waals surface area contributed by atoms with E-state index in [1.54, 1.807) is 0 Å². The fourth-order valence-corrected chi connectivity index (χ4v) is 3.45. The summed E-state index contributed by atoms with van der Waals surface area (Å²) >= 11 is 0. The number of hydrogen-bond donors (Lipinski definition) is 2. The highest BCUT2D eigenvalue weighted by molar-refractivity contribution is 6.04. The van der Waals surface area contributed by atoms with Crippen molar-refractivity contribution in [2.75, 3.05) is 28.6 Å². The second-order valence-electron chi connectivity index (χ2n) is 7.20. The average Bonchev–Trinajstić information content (AvgIpc) is 3.30. The van der Waals surface area contributed by atoms with E-state index in [0.29, 0.717) is 11.4 Å². The van der Waals surface area contributed by atoms with Gasteiger partial charge in [-0.1, -0.05) is 19.1 Å². The first-order valence-corrected chi connectivity index (χ1v) is 10.1. The number of nitrogens with zero attached hydrogens (tertiary/aromatic N) is 3. The van der Waals surface area contributed by atoms with E-state index in [1.165, 1.54) is 18.4 Å². The van der Waals surface area contributed by atoms with Crippen LogP contribution in [0.1, 0.15) is 35.7 Å². The van der Waals surface area contributed by atoms with Crippen LogP contribution in [-0.2, 0) is 6.42 Å². The maximum Gasteiger partial charge on any atom is 0.255 e. The number of carbonyl (C=O) groups excluding carboxylic acids is 1. The number of anilines is 4. The summed E-state index contributed by atoms with van der Waals surface area (Å²) < 4.78 is 0. The minimum Gasteiger partial charge on any atom is -0.370 e. The minimum atomic E-state index is -0.113. The lowest BCUT2D eigenvalue weighted by atomic mass is 10.1. The van der Waals surface area contributed by atoms with E-state index in [4.69, 9.17) is 0 Å². The van der Waals surface area contributed by atoms with Crippen molar-refractivity contribution < 1.29 is 4.79 Å². The van der Waals surface area contributed by atoms with E-state index in [-0.39, 0.29) is 5.91 Å². The molecule has 0 radical (unpaired) electrons. The Balaban J connectivity index is 1.38. The Morgan fingerprint density at radius 1 is 1.00 bits per heavy atom. The van der Waals surface area contributed by atoms with E-state index in [9.17, 15) is 4.79 Å². The molecule has 1 aliphatic heterocycles. The second-order valence-corrected chi connectivity index (χ2v) is 7.20. The number of hydrogen-bond acceptors (Lipinski definition) is 5. The van der Waals surface area contributed by atoms with Gasteiger partial charge in [0, 0.05) is 36.1 Å². The number of nitrogens with one attached hydrogen (secondary N) is 2. The molecule has 1 amide bonds. The predicted molar refractivity (Wildman–Crippen MR) is 117 cm³/mol. The first-order chi connectivity index (χ1) is 14.2. The first kappa shape index (κ1) is 18.9. The molecular formula is C23H25N5O. The van der Waals surface area contributed by atoms with Crippen molar-refractivity contribution >= 4 is 28.8 Å². The molecule has 1 aliphatic rings. The Morgan fingerprint density at radius 2 is 1.69 bits per heavy atom. The minimum absolute atomic E-state index is 0.113. The van der Waals surface area contributed by atoms with Gasteiger partial charge in [-0.2, -0.15) is 5.10 Å². The molecule has 0 bridgehead atoms. The van der Waals surface area contributed by atoms with Crippen LogP contribution < -0.4 is 15.5 Å². The maximum atomic E-state index is 12.4. The van der Waals surface area contributed by atoms with Gasteiger partial charge in [-0.15, -0.1) is 5.10 Å². The Kier molecular flexibility index (Phi) is 5.70. The van der Waals surface area contributed by atoms with Gasteiger partial charge in [0.05, 0.1) is 11.9 Å². The molecule has 2 heterocycles. The van der Waals surface area contributed by atoms with Gasteiger partial charge in [0.25, 0.3) is 5.91 Å². The molecular weight excluding hydrogens is 362 g/mol. The summed E-state index contributed by atoms with van der Waals surface area (Å²) in [5, 5.41) is 14.5. The van der Waals surface area contributed by atoms with E-state index in [2.05, 4.69) is 32.7 Å². The quantitative estimate of drug-likeness (QED) is 0.645. The van der Waals surface area contributed by atoms with Gasteiger partial charge in [0.1, 0.15) is 0 Å². The van der Waals surface area contributed by atoms with Crippen LogP contribution in [0, 0.1) is 0 Å². The van der Waals surface area contributed by atoms with Crippen molar-refractivity contribution in [3.8, 4) is 0 Å². The molecule has 1 saturated heterocycles. The van der Waals surface area contributed by atoms with Crippen molar-refractivity contribution in [1.82, 2.24) is 10.2 Å². The summed E-state index contributed by atoms with van der Waals surface area (Å²) in [7, 11) is 0. The Labute approximate surface area is 171 Å². The van der Waals surface area contributed by atoms with Crippen LogP contribution in [0.3, 0.4) is 0 Å². The molecule has 148 valence electrons. The van der Waals surface area contributed by atoms with Gasteiger partial charge in [-0.05, 0) is 61.2 Å². The van der Waals surface area contributed by atoms with Gasteiger partial charge in [-0.25, -0.2) is 0 Å². The standard InChI is InChI=1S/C23H25N5O/c1-2-17-5-7-18(8-6-17)23(29)26-20-11-9-19(10-12-20)25-22-15-21(16-24-27-22)28-13-3-4-14-28/h5-12,15-16H,2-4,13-14H2,1H3,(H,25,27)(H,26,29). The number of aromatic nitrogens is 2. The lowest BCUT2D eigenvalue weighted by Crippen LogP contribution is -2.18. The fourth-order valence-electron chi connectivity index (χ4n) is 3.45. The number of benzene rings is 2. The number of carbonyl (C=O) groups is 1. The molecule has 0 atom stereocenters. The lowest BCUT2D eigenvalue weighted by Gasteiger charge is -2.17. The summed E-state index contributed by atoms with van der Waals surface area (Å²) in [6.45, 7) is 4.24. The third-order valence-corrected chi connectivity index (χ3v) is 5.15. The van der Waals surface area contributed by atoms with E-state index >= 15 is 0 Å². The van der Waals surface area contributed by atoms with Crippen LogP contribution in [0.4, 0.5) is 22.9 Å². The normalized spacial score (nSPS) is 13.3. The topological polar surface area (TPSA) is 70.2 Å². The highest BCUT2D eigenvalue weighted by atomic mass is 16.1. The zero-order valence-electron chi connectivity index (χ0n) is 16.6. The van der Waals surface area contributed by atoms with Crippen molar-refractivity contribution in [2.45, 2.75) is 26.2 Å². The lowest BCUT2D eigenvalue weighted by molar-refractivity contribution is 0.102. The van der Waals surface area contributed by atoms with Crippen molar-refractivity contribution in [3.05, 3.63) is 71.9 Å². The zero-order chi connectivity index (χ0) is 20.1. The van der Waals surface area contributed by atoms with Crippen LogP contribution in [0.25, 0.3) is 0 Å². The van der Waals surface area contributed by atoms with Gasteiger partial charge in [0.2, 0.25) is 0 Å². The summed E-state index contributed by atoms with van der Waals surface area (Å²) in [6.07, 6.45) is 5.21. The van der Waals surface area contributed by atoms with Crippen LogP contribution in [-0.4, -0.2) is 29.2 Å². The van der Waals surface area contributed by atoms with Gasteiger partial charge in [0.15, 0.2) is 5.82 Å². The molecule has 6 heteroatoms. The highest BCUT2D eigenvalue weighted by Crippen LogP contribution is 2.23. The molecule has 0 saturated carbocycles. The molecule has 0 unspecified atom stereocenters. The maximum absolute atomic E-state index is 12.4. The third-order valence-electron chi connectivity index (χ3n) is 5.15. The van der Waals surface area contributed by atoms with Gasteiger partial charge < -0.3 is 15.5 Å². The van der Waals surface area contributed by atoms with E-state index in [1.807, 2.05) is 60.8 Å².